The summed E-state index contributed by atoms with van der Waals surface area (Å²) in [5, 5.41) is 0. The number of carbonyl (C=O) groups is 1. The summed E-state index contributed by atoms with van der Waals surface area (Å²) in [5.41, 5.74) is 1.61. The molecule has 1 aliphatic carbocycles. The normalized spacial score (nSPS) is 29.0. The Morgan fingerprint density at radius 3 is 2.83 bits per heavy atom. The molecule has 0 aromatic heterocycles. The second-order valence-electron chi connectivity index (χ2n) is 8.29. The molecular weight excluding hydrogens is 286 g/mol. The third kappa shape index (κ3) is 3.44. The van der Waals surface area contributed by atoms with Crippen molar-refractivity contribution in [3.8, 4) is 5.75 Å². The van der Waals surface area contributed by atoms with Crippen molar-refractivity contribution < 1.29 is 9.53 Å². The highest BCUT2D eigenvalue weighted by Crippen LogP contribution is 2.52. The second-order valence-corrected chi connectivity index (χ2v) is 8.29. The number of nitrogens with zero attached hydrogens (tertiary/aromatic N) is 1. The third-order valence-corrected chi connectivity index (χ3v) is 5.21. The van der Waals surface area contributed by atoms with Gasteiger partial charge in [-0.25, -0.2) is 0 Å². The first kappa shape index (κ1) is 16.1. The van der Waals surface area contributed by atoms with Crippen molar-refractivity contribution >= 4 is 12.0 Å². The van der Waals surface area contributed by atoms with Gasteiger partial charge in [0.2, 0.25) is 5.91 Å². The topological polar surface area (TPSA) is 29.5 Å². The molecule has 1 heterocycles. The lowest BCUT2D eigenvalue weighted by Crippen LogP contribution is -2.36. The molecule has 2 atom stereocenters. The zero-order valence-corrected chi connectivity index (χ0v) is 14.6. The average Bonchev–Trinajstić information content (AvgIpc) is 2.74. The van der Waals surface area contributed by atoms with E-state index in [4.69, 9.17) is 4.74 Å². The number of methoxy groups -OCH3 is 1. The Morgan fingerprint density at radius 1 is 1.30 bits per heavy atom. The van der Waals surface area contributed by atoms with Crippen molar-refractivity contribution in [3.05, 3.63) is 35.9 Å². The lowest BCUT2D eigenvalue weighted by molar-refractivity contribution is -0.127. The summed E-state index contributed by atoms with van der Waals surface area (Å²) in [6.07, 6.45) is 7.07. The minimum Gasteiger partial charge on any atom is -0.497 e. The Kier molecular flexibility index (Phi) is 3.99. The maximum atomic E-state index is 12.7. The van der Waals surface area contributed by atoms with Crippen molar-refractivity contribution in [1.29, 1.82) is 0 Å². The molecule has 2 aliphatic rings. The van der Waals surface area contributed by atoms with Crippen LogP contribution in [0.5, 0.6) is 5.75 Å². The predicted octanol–water partition coefficient (Wildman–Crippen LogP) is 4.14. The van der Waals surface area contributed by atoms with Gasteiger partial charge in [-0.15, -0.1) is 0 Å². The van der Waals surface area contributed by atoms with Crippen LogP contribution in [0.3, 0.4) is 0 Å². The van der Waals surface area contributed by atoms with E-state index in [1.54, 1.807) is 13.2 Å². The molecule has 1 aromatic carbocycles. The summed E-state index contributed by atoms with van der Waals surface area (Å²) in [7, 11) is 1.65. The molecule has 0 N–H and O–H groups in total. The highest BCUT2D eigenvalue weighted by atomic mass is 16.5. The predicted molar refractivity (Wildman–Crippen MR) is 93.3 cm³/mol. The molecule has 2 fully saturated rings. The second kappa shape index (κ2) is 5.70. The monoisotopic (exact) mass is 313 g/mol. The van der Waals surface area contributed by atoms with Gasteiger partial charge in [-0.1, -0.05) is 32.9 Å². The first-order chi connectivity index (χ1) is 10.8. The van der Waals surface area contributed by atoms with Gasteiger partial charge in [-0.2, -0.15) is 0 Å². The number of fused-ring (bicyclic) bond motifs is 2. The first-order valence-electron chi connectivity index (χ1n) is 8.43. The summed E-state index contributed by atoms with van der Waals surface area (Å²) in [5.74, 6) is 0.949. The van der Waals surface area contributed by atoms with Gasteiger partial charge >= 0.3 is 0 Å². The van der Waals surface area contributed by atoms with Crippen molar-refractivity contribution in [2.75, 3.05) is 13.7 Å². The van der Waals surface area contributed by atoms with Gasteiger partial charge in [0.1, 0.15) is 5.75 Å². The average molecular weight is 313 g/mol. The molecule has 124 valence electrons. The van der Waals surface area contributed by atoms with E-state index in [0.717, 1.165) is 30.7 Å². The summed E-state index contributed by atoms with van der Waals surface area (Å²) in [4.78, 5) is 14.8. The van der Waals surface area contributed by atoms with E-state index in [0.29, 0.717) is 11.5 Å². The van der Waals surface area contributed by atoms with Crippen LogP contribution in [0, 0.1) is 10.8 Å². The number of benzene rings is 1. The van der Waals surface area contributed by atoms with Gasteiger partial charge in [0.15, 0.2) is 0 Å². The highest BCUT2D eigenvalue weighted by Gasteiger charge is 2.50. The highest BCUT2D eigenvalue weighted by molar-refractivity contribution is 5.92. The van der Waals surface area contributed by atoms with E-state index in [1.807, 2.05) is 30.3 Å². The maximum absolute atomic E-state index is 12.7. The fourth-order valence-corrected chi connectivity index (χ4v) is 4.73. The van der Waals surface area contributed by atoms with Crippen LogP contribution in [0.1, 0.15) is 45.6 Å². The molecule has 3 rings (SSSR count). The van der Waals surface area contributed by atoms with Gasteiger partial charge < -0.3 is 9.64 Å². The molecule has 2 bridgehead atoms. The maximum Gasteiger partial charge on any atom is 0.246 e. The number of rotatable bonds is 3. The van der Waals surface area contributed by atoms with Gasteiger partial charge in [0.05, 0.1) is 7.11 Å². The van der Waals surface area contributed by atoms with Crippen molar-refractivity contribution in [2.24, 2.45) is 10.8 Å². The smallest absolute Gasteiger partial charge is 0.246 e. The summed E-state index contributed by atoms with van der Waals surface area (Å²) >= 11 is 0. The number of hydrogen-bond acceptors (Lipinski definition) is 2. The fraction of sp³-hybridized carbons (Fsp3) is 0.550. The van der Waals surface area contributed by atoms with Crippen molar-refractivity contribution in [2.45, 2.75) is 46.1 Å². The fourth-order valence-electron chi connectivity index (χ4n) is 4.73. The molecule has 3 heteroatoms. The third-order valence-electron chi connectivity index (χ3n) is 5.21. The van der Waals surface area contributed by atoms with E-state index in [-0.39, 0.29) is 11.3 Å². The van der Waals surface area contributed by atoms with Crippen LogP contribution in [-0.4, -0.2) is 30.5 Å². The minimum absolute atomic E-state index is 0.138. The molecule has 1 amide bonds. The summed E-state index contributed by atoms with van der Waals surface area (Å²) in [6, 6.07) is 8.17. The quantitative estimate of drug-likeness (QED) is 0.785. The molecule has 2 unspecified atom stereocenters. The Bertz CT molecular complexity index is 634. The molecule has 1 aliphatic heterocycles. The number of carbonyl (C=O) groups excluding carboxylic acids is 1. The Morgan fingerprint density at radius 2 is 2.09 bits per heavy atom. The summed E-state index contributed by atoms with van der Waals surface area (Å²) in [6.45, 7) is 7.89. The minimum atomic E-state index is 0.138. The molecule has 0 radical (unpaired) electrons. The summed E-state index contributed by atoms with van der Waals surface area (Å²) < 4.78 is 5.23. The van der Waals surface area contributed by atoms with Crippen LogP contribution in [0.4, 0.5) is 0 Å². The van der Waals surface area contributed by atoms with E-state index in [1.165, 1.54) is 6.42 Å². The Labute approximate surface area is 139 Å². The molecule has 3 nitrogen and oxygen atoms in total. The zero-order valence-electron chi connectivity index (χ0n) is 14.6. The number of amides is 1. The van der Waals surface area contributed by atoms with Crippen LogP contribution in [0.15, 0.2) is 30.3 Å². The number of likely N-dealkylation sites (tertiary alicyclic amines) is 1. The van der Waals surface area contributed by atoms with Gasteiger partial charge in [-0.05, 0) is 53.9 Å². The van der Waals surface area contributed by atoms with Gasteiger partial charge in [0, 0.05) is 18.7 Å². The molecule has 1 saturated heterocycles. The van der Waals surface area contributed by atoms with Crippen LogP contribution in [0.2, 0.25) is 0 Å². The number of ether oxygens (including phenoxy) is 1. The zero-order chi connectivity index (χ0) is 16.7. The van der Waals surface area contributed by atoms with Crippen LogP contribution in [-0.2, 0) is 4.79 Å². The van der Waals surface area contributed by atoms with Gasteiger partial charge in [-0.3, -0.25) is 4.79 Å². The number of hydrogen-bond donors (Lipinski definition) is 0. The molecule has 1 saturated carbocycles. The lowest BCUT2D eigenvalue weighted by Gasteiger charge is -2.39. The SMILES string of the molecule is COc1cccc(/C=C/C(=O)N2CC3(C)CC2CC(C)(C)C3)c1. The van der Waals surface area contributed by atoms with Crippen molar-refractivity contribution in [1.82, 2.24) is 4.90 Å². The Hall–Kier alpha value is -1.77. The van der Waals surface area contributed by atoms with Crippen LogP contribution < -0.4 is 4.74 Å². The largest absolute Gasteiger partial charge is 0.497 e. The van der Waals surface area contributed by atoms with Crippen LogP contribution >= 0.6 is 0 Å². The van der Waals surface area contributed by atoms with E-state index in [2.05, 4.69) is 25.7 Å². The molecular formula is C20H27NO2. The first-order valence-corrected chi connectivity index (χ1v) is 8.43. The van der Waals surface area contributed by atoms with Crippen molar-refractivity contribution in [3.63, 3.8) is 0 Å². The Balaban J connectivity index is 1.73. The lowest BCUT2D eigenvalue weighted by atomic mass is 9.65. The molecule has 1 aromatic rings. The van der Waals surface area contributed by atoms with E-state index >= 15 is 0 Å². The standard InChI is InChI=1S/C20H27NO2/c1-19(2)11-16-12-20(3,13-19)14-21(16)18(22)9-8-15-6-5-7-17(10-15)23-4/h5-10,16H,11-14H2,1-4H3/b9-8+. The molecule has 0 spiro atoms. The molecule has 23 heavy (non-hydrogen) atoms. The van der Waals surface area contributed by atoms with Crippen LogP contribution in [0.25, 0.3) is 6.08 Å². The van der Waals surface area contributed by atoms with E-state index < -0.39 is 0 Å². The van der Waals surface area contributed by atoms with E-state index in [9.17, 15) is 4.79 Å². The van der Waals surface area contributed by atoms with Gasteiger partial charge in [0.25, 0.3) is 0 Å².